The Morgan fingerprint density at radius 3 is 2.47 bits per heavy atom. The number of benzene rings is 1. The normalized spacial score (nSPS) is 11.9. The fourth-order valence-electron chi connectivity index (χ4n) is 1.68. The van der Waals surface area contributed by atoms with Gasteiger partial charge in [0.15, 0.2) is 0 Å². The second-order valence-corrected chi connectivity index (χ2v) is 8.04. The molecule has 0 unspecified atom stereocenters. The van der Waals surface area contributed by atoms with Gasteiger partial charge < -0.3 is 4.74 Å². The van der Waals surface area contributed by atoms with Gasteiger partial charge in [0.2, 0.25) is 9.05 Å². The minimum atomic E-state index is -3.45. The van der Waals surface area contributed by atoms with Gasteiger partial charge >= 0.3 is 0 Å². The molecule has 0 aromatic heterocycles. The Morgan fingerprint density at radius 1 is 1.32 bits per heavy atom. The predicted molar refractivity (Wildman–Crippen MR) is 80.0 cm³/mol. The first-order valence-electron chi connectivity index (χ1n) is 6.06. The lowest BCUT2D eigenvalue weighted by molar-refractivity contribution is 0.315. The van der Waals surface area contributed by atoms with E-state index in [1.54, 1.807) is 0 Å². The topological polar surface area (TPSA) is 43.4 Å². The minimum absolute atomic E-state index is 0.0851. The van der Waals surface area contributed by atoms with Gasteiger partial charge in [0.1, 0.15) is 5.75 Å². The Labute approximate surface area is 124 Å². The summed E-state index contributed by atoms with van der Waals surface area (Å²) < 4.78 is 27.2. The molecule has 0 saturated carbocycles. The number of ether oxygens (including phenoxy) is 1. The van der Waals surface area contributed by atoms with E-state index in [1.807, 2.05) is 19.1 Å². The zero-order chi connectivity index (χ0) is 14.6. The fourth-order valence-corrected chi connectivity index (χ4v) is 2.91. The molecule has 0 amide bonds. The molecule has 1 rings (SSSR count). The van der Waals surface area contributed by atoms with Gasteiger partial charge in [0.05, 0.1) is 12.4 Å². The van der Waals surface area contributed by atoms with E-state index in [0.717, 1.165) is 21.9 Å². The number of halogens is 2. The molecule has 0 radical (unpaired) electrons. The summed E-state index contributed by atoms with van der Waals surface area (Å²) in [5.74, 6) is 0.955. The van der Waals surface area contributed by atoms with Gasteiger partial charge in [-0.05, 0) is 42.5 Å². The summed E-state index contributed by atoms with van der Waals surface area (Å²) in [7, 11) is 1.69. The first-order valence-corrected chi connectivity index (χ1v) is 8.91. The van der Waals surface area contributed by atoms with Crippen LogP contribution >= 0.6 is 22.3 Å². The van der Waals surface area contributed by atoms with E-state index in [1.165, 1.54) is 0 Å². The van der Waals surface area contributed by atoms with Crippen LogP contribution in [0, 0.1) is 6.92 Å². The highest BCUT2D eigenvalue weighted by atomic mass is 35.7. The molecule has 1 aromatic carbocycles. The molecule has 0 bridgehead atoms. The molecule has 6 heteroatoms. The van der Waals surface area contributed by atoms with Crippen molar-refractivity contribution in [3.05, 3.63) is 28.3 Å². The Bertz CT molecular complexity index is 539. The lowest BCUT2D eigenvalue weighted by Crippen LogP contribution is -2.06. The van der Waals surface area contributed by atoms with Gasteiger partial charge in [-0.25, -0.2) is 8.42 Å². The zero-order valence-electron chi connectivity index (χ0n) is 11.2. The van der Waals surface area contributed by atoms with Crippen LogP contribution in [0.5, 0.6) is 5.75 Å². The summed E-state index contributed by atoms with van der Waals surface area (Å²) in [6.45, 7) is 6.33. The lowest BCUT2D eigenvalue weighted by atomic mass is 10.0. The Kier molecular flexibility index (Phi) is 5.96. The highest BCUT2D eigenvalue weighted by Crippen LogP contribution is 2.31. The molecule has 0 aliphatic carbocycles. The number of rotatable bonds is 6. The first-order chi connectivity index (χ1) is 8.70. The number of hydrogen-bond acceptors (Lipinski definition) is 3. The molecule has 3 nitrogen and oxygen atoms in total. The first kappa shape index (κ1) is 16.6. The van der Waals surface area contributed by atoms with Gasteiger partial charge in [0, 0.05) is 15.7 Å². The van der Waals surface area contributed by atoms with E-state index < -0.39 is 9.05 Å². The smallest absolute Gasteiger partial charge is 0.232 e. The molecule has 108 valence electrons. The highest BCUT2D eigenvalue weighted by molar-refractivity contribution is 8.13. The van der Waals surface area contributed by atoms with E-state index in [9.17, 15) is 8.42 Å². The van der Waals surface area contributed by atoms with Crippen molar-refractivity contribution in [2.24, 2.45) is 0 Å². The quantitative estimate of drug-likeness (QED) is 0.584. The predicted octanol–water partition coefficient (Wildman–Crippen LogP) is 4.11. The van der Waals surface area contributed by atoms with Crippen molar-refractivity contribution in [1.29, 1.82) is 0 Å². The summed E-state index contributed by atoms with van der Waals surface area (Å²) in [4.78, 5) is 0. The van der Waals surface area contributed by atoms with Crippen molar-refractivity contribution in [2.75, 3.05) is 12.4 Å². The molecule has 0 saturated heterocycles. The molecule has 1 aromatic rings. The van der Waals surface area contributed by atoms with Gasteiger partial charge in [-0.2, -0.15) is 0 Å². The van der Waals surface area contributed by atoms with Crippen molar-refractivity contribution in [1.82, 2.24) is 0 Å². The molecule has 19 heavy (non-hydrogen) atoms. The maximum atomic E-state index is 10.8. The summed E-state index contributed by atoms with van der Waals surface area (Å²) in [5, 5.41) is 0.725. The third kappa shape index (κ3) is 5.59. The van der Waals surface area contributed by atoms with Crippen LogP contribution in [0.3, 0.4) is 0 Å². The molecule has 0 aliphatic heterocycles. The van der Waals surface area contributed by atoms with E-state index in [-0.39, 0.29) is 5.75 Å². The summed E-state index contributed by atoms with van der Waals surface area (Å²) in [6, 6.07) is 3.78. The van der Waals surface area contributed by atoms with Crippen molar-refractivity contribution in [2.45, 2.75) is 33.1 Å². The van der Waals surface area contributed by atoms with Gasteiger partial charge in [0.25, 0.3) is 0 Å². The SMILES string of the molecule is Cc1cc(Cl)c(C(C)C)cc1OCCCS(=O)(=O)Cl. The molecule has 0 N–H and O–H groups in total. The maximum absolute atomic E-state index is 10.8. The third-order valence-corrected chi connectivity index (χ3v) is 4.27. The summed E-state index contributed by atoms with van der Waals surface area (Å²) >= 11 is 6.17. The average molecular weight is 325 g/mol. The number of hydrogen-bond donors (Lipinski definition) is 0. The Balaban J connectivity index is 2.71. The van der Waals surface area contributed by atoms with E-state index in [4.69, 9.17) is 27.0 Å². The molecular weight excluding hydrogens is 307 g/mol. The van der Waals surface area contributed by atoms with Crippen LogP contribution in [0.25, 0.3) is 0 Å². The summed E-state index contributed by atoms with van der Waals surface area (Å²) in [6.07, 6.45) is 0.366. The Morgan fingerprint density at radius 2 is 1.95 bits per heavy atom. The summed E-state index contributed by atoms with van der Waals surface area (Å²) in [5.41, 5.74) is 1.95. The lowest BCUT2D eigenvalue weighted by Gasteiger charge is -2.14. The van der Waals surface area contributed by atoms with E-state index in [0.29, 0.717) is 18.9 Å². The zero-order valence-corrected chi connectivity index (χ0v) is 13.6. The van der Waals surface area contributed by atoms with Crippen LogP contribution in [-0.4, -0.2) is 20.8 Å². The maximum Gasteiger partial charge on any atom is 0.232 e. The van der Waals surface area contributed by atoms with Gasteiger partial charge in [-0.15, -0.1) is 0 Å². The van der Waals surface area contributed by atoms with E-state index in [2.05, 4.69) is 13.8 Å². The average Bonchev–Trinajstić information content (AvgIpc) is 2.24. The van der Waals surface area contributed by atoms with Crippen LogP contribution in [0.4, 0.5) is 0 Å². The molecular formula is C13H18Cl2O3S. The van der Waals surface area contributed by atoms with Crippen LogP contribution in [0.15, 0.2) is 12.1 Å². The molecule has 0 spiro atoms. The van der Waals surface area contributed by atoms with E-state index >= 15 is 0 Å². The fraction of sp³-hybridized carbons (Fsp3) is 0.538. The second kappa shape index (κ2) is 6.82. The molecule has 0 atom stereocenters. The number of aryl methyl sites for hydroxylation is 1. The third-order valence-electron chi connectivity index (χ3n) is 2.71. The van der Waals surface area contributed by atoms with Gasteiger partial charge in [-0.3, -0.25) is 0 Å². The molecule has 0 heterocycles. The van der Waals surface area contributed by atoms with Crippen molar-refractivity contribution < 1.29 is 13.2 Å². The van der Waals surface area contributed by atoms with Crippen LogP contribution in [0.1, 0.15) is 37.3 Å². The Hall–Kier alpha value is -0.450. The monoisotopic (exact) mass is 324 g/mol. The molecule has 0 fully saturated rings. The second-order valence-electron chi connectivity index (χ2n) is 4.74. The standard InChI is InChI=1S/C13H18Cl2O3S/c1-9(2)11-8-13(10(3)7-12(11)14)18-5-4-6-19(15,16)17/h7-9H,4-6H2,1-3H3. The molecule has 0 aliphatic rings. The van der Waals surface area contributed by atoms with Crippen LogP contribution in [-0.2, 0) is 9.05 Å². The van der Waals surface area contributed by atoms with Crippen LogP contribution in [0.2, 0.25) is 5.02 Å². The van der Waals surface area contributed by atoms with Crippen molar-refractivity contribution >= 4 is 31.3 Å². The van der Waals surface area contributed by atoms with Crippen molar-refractivity contribution in [3.8, 4) is 5.75 Å². The minimum Gasteiger partial charge on any atom is -0.493 e. The largest absolute Gasteiger partial charge is 0.493 e. The van der Waals surface area contributed by atoms with Crippen LogP contribution < -0.4 is 4.74 Å². The highest BCUT2D eigenvalue weighted by Gasteiger charge is 2.10. The van der Waals surface area contributed by atoms with Gasteiger partial charge in [-0.1, -0.05) is 25.4 Å². The van der Waals surface area contributed by atoms with Crippen molar-refractivity contribution in [3.63, 3.8) is 0 Å².